The summed E-state index contributed by atoms with van der Waals surface area (Å²) in [5.74, 6) is 0. The number of hydrogen-bond acceptors (Lipinski definition) is 5. The van der Waals surface area contributed by atoms with Crippen LogP contribution in [-0.2, 0) is 4.84 Å². The fourth-order valence-electron chi connectivity index (χ4n) is 2.21. The Morgan fingerprint density at radius 1 is 1.61 bits per heavy atom. The molecule has 1 heterocycles. The summed E-state index contributed by atoms with van der Waals surface area (Å²) >= 11 is 0. The van der Waals surface area contributed by atoms with Crippen molar-refractivity contribution in [1.29, 1.82) is 5.26 Å². The molecule has 0 bridgehead atoms. The van der Waals surface area contributed by atoms with E-state index in [0.29, 0.717) is 6.04 Å². The van der Waals surface area contributed by atoms with Crippen molar-refractivity contribution in [3.05, 3.63) is 0 Å². The largest absolute Gasteiger partial charge is 0.347 e. The Bertz CT molecular complexity index is 290. The Balaban J connectivity index is 2.31. The van der Waals surface area contributed by atoms with Gasteiger partial charge in [0.25, 0.3) is 0 Å². The van der Waals surface area contributed by atoms with Crippen LogP contribution in [0.15, 0.2) is 0 Å². The minimum absolute atomic E-state index is 0.0345. The summed E-state index contributed by atoms with van der Waals surface area (Å²) < 4.78 is 0. The summed E-state index contributed by atoms with van der Waals surface area (Å²) in [5, 5.41) is 12.0. The molecule has 2 unspecified atom stereocenters. The number of piperidine rings is 1. The van der Waals surface area contributed by atoms with Gasteiger partial charge in [-0.25, -0.2) is 0 Å². The number of nitrogens with one attached hydrogen (secondary N) is 3. The monoisotopic (exact) mass is 256 g/mol. The Hall–Kier alpha value is -1.20. The maximum absolute atomic E-state index is 9.13. The van der Waals surface area contributed by atoms with Crippen molar-refractivity contribution in [2.75, 3.05) is 26.7 Å². The molecule has 0 aromatic rings. The number of nitriles is 1. The van der Waals surface area contributed by atoms with Gasteiger partial charge in [0.05, 0.1) is 25.8 Å². The summed E-state index contributed by atoms with van der Waals surface area (Å²) in [6, 6.07) is 2.73. The highest BCUT2D eigenvalue weighted by Gasteiger charge is 2.27. The van der Waals surface area contributed by atoms with Crippen molar-refractivity contribution in [3.63, 3.8) is 0 Å². The number of nitrogens with zero attached hydrogens (tertiary/aromatic N) is 2. The molecule has 0 aliphatic carbocycles. The third-order valence-electron chi connectivity index (χ3n) is 3.07. The molecule has 7 heteroatoms. The minimum atomic E-state index is 0.0345. The molecule has 102 valence electrons. The van der Waals surface area contributed by atoms with Gasteiger partial charge in [-0.05, 0) is 19.3 Å². The molecule has 7 nitrogen and oxygen atoms in total. The third kappa shape index (κ3) is 4.98. The highest BCUT2D eigenvalue weighted by molar-refractivity contribution is 5.30. The van der Waals surface area contributed by atoms with Gasteiger partial charge in [-0.15, -0.1) is 0 Å². The fraction of sp³-hybridized carbons (Fsp3) is 0.818. The van der Waals surface area contributed by atoms with Crippen LogP contribution in [0.3, 0.4) is 0 Å². The molecule has 1 rings (SSSR count). The summed E-state index contributed by atoms with van der Waals surface area (Å²) in [6.07, 6.45) is 4.48. The van der Waals surface area contributed by atoms with Gasteiger partial charge in [0.1, 0.15) is 0 Å². The maximum atomic E-state index is 9.13. The van der Waals surface area contributed by atoms with Crippen molar-refractivity contribution in [1.82, 2.24) is 15.8 Å². The van der Waals surface area contributed by atoms with E-state index in [1.165, 1.54) is 0 Å². The maximum Gasteiger partial charge on any atom is 0.347 e. The Morgan fingerprint density at radius 2 is 2.44 bits per heavy atom. The number of hydroxylamine groups is 1. The topological polar surface area (TPSA) is 102 Å². The van der Waals surface area contributed by atoms with Gasteiger partial charge in [-0.2, -0.15) is 16.2 Å². The van der Waals surface area contributed by atoms with E-state index in [0.717, 1.165) is 38.9 Å². The van der Waals surface area contributed by atoms with Crippen molar-refractivity contribution < 1.29 is 15.7 Å². The van der Waals surface area contributed by atoms with Crippen LogP contribution in [0, 0.1) is 11.3 Å². The second-order valence-electron chi connectivity index (χ2n) is 4.36. The lowest BCUT2D eigenvalue weighted by Gasteiger charge is -2.36. The van der Waals surface area contributed by atoms with Crippen LogP contribution in [0.25, 0.3) is 0 Å². The second-order valence-corrected chi connectivity index (χ2v) is 4.36. The van der Waals surface area contributed by atoms with Gasteiger partial charge in [0.15, 0.2) is 0 Å². The zero-order valence-electron chi connectivity index (χ0n) is 11.0. The lowest BCUT2D eigenvalue weighted by Crippen LogP contribution is -2.87. The predicted octanol–water partition coefficient (Wildman–Crippen LogP) is -3.26. The molecule has 1 saturated heterocycles. The molecule has 0 saturated carbocycles. The number of hydrazine groups is 1. The molecule has 0 aromatic heterocycles. The Morgan fingerprint density at radius 3 is 3.11 bits per heavy atom. The summed E-state index contributed by atoms with van der Waals surface area (Å²) in [4.78, 5) is 7.18. The molecule has 0 amide bonds. The summed E-state index contributed by atoms with van der Waals surface area (Å²) in [7, 11) is 1.63. The minimum Gasteiger partial charge on any atom is -0.305 e. The van der Waals surface area contributed by atoms with Gasteiger partial charge in [-0.1, -0.05) is 5.10 Å². The number of likely N-dealkylation sites (tertiary alicyclic amines) is 1. The molecular formula is C11H24N6O+2. The van der Waals surface area contributed by atoms with Crippen LogP contribution in [0.2, 0.25) is 0 Å². The molecule has 0 radical (unpaired) electrons. The number of rotatable bonds is 7. The second kappa shape index (κ2) is 8.83. The van der Waals surface area contributed by atoms with E-state index >= 15 is 0 Å². The molecule has 2 atom stereocenters. The smallest absolute Gasteiger partial charge is 0.305 e. The summed E-state index contributed by atoms with van der Waals surface area (Å²) in [6.45, 7) is 2.62. The van der Waals surface area contributed by atoms with Crippen LogP contribution >= 0.6 is 0 Å². The predicted molar refractivity (Wildman–Crippen MR) is 66.7 cm³/mol. The van der Waals surface area contributed by atoms with E-state index in [1.54, 1.807) is 13.4 Å². The Labute approximate surface area is 108 Å². The van der Waals surface area contributed by atoms with Gasteiger partial charge in [-0.3, -0.25) is 10.6 Å². The van der Waals surface area contributed by atoms with E-state index < -0.39 is 0 Å². The van der Waals surface area contributed by atoms with E-state index in [-0.39, 0.29) is 6.04 Å². The SMILES string of the molecule is CONC1CCC(C#N)N(CCCN/[NH+]=C\[NH3+])C1. The van der Waals surface area contributed by atoms with Crippen LogP contribution in [0.4, 0.5) is 0 Å². The zero-order chi connectivity index (χ0) is 13.2. The number of hydrazone groups is 1. The summed E-state index contributed by atoms with van der Waals surface area (Å²) in [5.41, 5.74) is 9.56. The molecule has 0 spiro atoms. The molecule has 0 aromatic carbocycles. The Kier molecular flexibility index (Phi) is 7.29. The zero-order valence-corrected chi connectivity index (χ0v) is 11.0. The third-order valence-corrected chi connectivity index (χ3v) is 3.07. The van der Waals surface area contributed by atoms with Crippen molar-refractivity contribution >= 4 is 6.34 Å². The normalized spacial score (nSPS) is 25.2. The molecule has 18 heavy (non-hydrogen) atoms. The van der Waals surface area contributed by atoms with Gasteiger partial charge < -0.3 is 4.84 Å². The van der Waals surface area contributed by atoms with E-state index in [1.807, 2.05) is 0 Å². The first-order valence-electron chi connectivity index (χ1n) is 6.33. The van der Waals surface area contributed by atoms with Crippen LogP contribution < -0.4 is 21.7 Å². The quantitative estimate of drug-likeness (QED) is 0.166. The van der Waals surface area contributed by atoms with E-state index in [2.05, 4.69) is 32.7 Å². The first-order valence-corrected chi connectivity index (χ1v) is 6.33. The first-order chi connectivity index (χ1) is 8.81. The molecule has 1 aliphatic rings. The lowest BCUT2D eigenvalue weighted by atomic mass is 9.99. The van der Waals surface area contributed by atoms with Crippen LogP contribution in [-0.4, -0.2) is 50.1 Å². The molecular weight excluding hydrogens is 232 g/mol. The van der Waals surface area contributed by atoms with E-state index in [9.17, 15) is 0 Å². The fourth-order valence-corrected chi connectivity index (χ4v) is 2.21. The van der Waals surface area contributed by atoms with E-state index in [4.69, 9.17) is 10.1 Å². The number of quaternary nitrogens is 1. The molecule has 6 N–H and O–H groups in total. The van der Waals surface area contributed by atoms with Crippen LogP contribution in [0.5, 0.6) is 0 Å². The average molecular weight is 256 g/mol. The first kappa shape index (κ1) is 14.9. The van der Waals surface area contributed by atoms with Crippen molar-refractivity contribution in [3.8, 4) is 6.07 Å². The lowest BCUT2D eigenvalue weighted by molar-refractivity contribution is -0.552. The highest BCUT2D eigenvalue weighted by Crippen LogP contribution is 2.17. The molecule has 1 fully saturated rings. The standard InChI is InChI=1S/C11H22N6O/c1-18-16-10-3-4-11(7-12)17(8-10)6-2-5-14-15-9-13/h9-11,14,16H,2-6,8H2,1H3,(H2,13,15)/p+2. The molecule has 1 aliphatic heterocycles. The average Bonchev–Trinajstić information content (AvgIpc) is 2.39. The van der Waals surface area contributed by atoms with Crippen LogP contribution in [0.1, 0.15) is 19.3 Å². The van der Waals surface area contributed by atoms with Crippen molar-refractivity contribution in [2.45, 2.75) is 31.3 Å². The van der Waals surface area contributed by atoms with Gasteiger partial charge >= 0.3 is 6.34 Å². The number of hydrogen-bond donors (Lipinski definition) is 4. The van der Waals surface area contributed by atoms with Gasteiger partial charge in [0, 0.05) is 19.1 Å². The van der Waals surface area contributed by atoms with Gasteiger partial charge in [0.2, 0.25) is 0 Å². The van der Waals surface area contributed by atoms with Crippen molar-refractivity contribution in [2.24, 2.45) is 0 Å². The highest BCUT2D eigenvalue weighted by atomic mass is 16.6.